The third-order valence-corrected chi connectivity index (χ3v) is 4.02. The lowest BCUT2D eigenvalue weighted by Gasteiger charge is -2.17. The number of unbranched alkanes of at least 4 members (excludes halogenated alkanes) is 1. The minimum Gasteiger partial charge on any atom is -0.345 e. The van der Waals surface area contributed by atoms with Crippen LogP contribution in [0.3, 0.4) is 0 Å². The van der Waals surface area contributed by atoms with Crippen LogP contribution in [0.1, 0.15) is 28.9 Å². The predicted octanol–water partition coefficient (Wildman–Crippen LogP) is 3.88. The Labute approximate surface area is 134 Å². The van der Waals surface area contributed by atoms with Crippen LogP contribution in [0, 0.1) is 0 Å². The van der Waals surface area contributed by atoms with Gasteiger partial charge in [-0.25, -0.2) is 0 Å². The highest BCUT2D eigenvalue weighted by atomic mass is 79.9. The molecule has 0 radical (unpaired) electrons. The average Bonchev–Trinajstić information content (AvgIpc) is 2.82. The minimum atomic E-state index is 0.0721. The van der Waals surface area contributed by atoms with E-state index in [-0.39, 0.29) is 5.91 Å². The Morgan fingerprint density at radius 2 is 1.95 bits per heavy atom. The van der Waals surface area contributed by atoms with Crippen molar-refractivity contribution in [3.63, 3.8) is 0 Å². The molecule has 1 aromatic carbocycles. The van der Waals surface area contributed by atoms with Gasteiger partial charge in [-0.05, 0) is 46.8 Å². The zero-order chi connectivity index (χ0) is 15.2. The number of carbonyl (C=O) groups is 1. The van der Waals surface area contributed by atoms with Gasteiger partial charge in [0.1, 0.15) is 5.69 Å². The van der Waals surface area contributed by atoms with Crippen LogP contribution in [0.5, 0.6) is 0 Å². The van der Waals surface area contributed by atoms with Crippen LogP contribution in [0.2, 0.25) is 0 Å². The summed E-state index contributed by atoms with van der Waals surface area (Å²) in [6.07, 6.45) is 5.08. The highest BCUT2D eigenvalue weighted by Gasteiger charge is 2.15. The van der Waals surface area contributed by atoms with Crippen molar-refractivity contribution in [1.29, 1.82) is 0 Å². The molecule has 1 amide bonds. The number of aromatic nitrogens is 1. The second-order valence-electron chi connectivity index (χ2n) is 5.32. The second-order valence-corrected chi connectivity index (χ2v) is 6.24. The van der Waals surface area contributed by atoms with Crippen molar-refractivity contribution >= 4 is 21.8 Å². The molecule has 0 aliphatic carbocycles. The fourth-order valence-corrected chi connectivity index (χ4v) is 2.88. The van der Waals surface area contributed by atoms with E-state index < -0.39 is 0 Å². The Morgan fingerprint density at radius 1 is 1.24 bits per heavy atom. The summed E-state index contributed by atoms with van der Waals surface area (Å²) in [6.45, 7) is 0.786. The number of aryl methyl sites for hydroxylation is 2. The summed E-state index contributed by atoms with van der Waals surface area (Å²) < 4.78 is 2.79. The van der Waals surface area contributed by atoms with Gasteiger partial charge >= 0.3 is 0 Å². The van der Waals surface area contributed by atoms with Crippen molar-refractivity contribution in [3.8, 4) is 0 Å². The average molecular weight is 349 g/mol. The normalized spacial score (nSPS) is 10.6. The van der Waals surface area contributed by atoms with Crippen molar-refractivity contribution in [1.82, 2.24) is 9.47 Å². The van der Waals surface area contributed by atoms with Crippen molar-refractivity contribution < 1.29 is 4.79 Å². The smallest absolute Gasteiger partial charge is 0.270 e. The van der Waals surface area contributed by atoms with Gasteiger partial charge in [0.15, 0.2) is 0 Å². The molecule has 0 saturated heterocycles. The van der Waals surface area contributed by atoms with Gasteiger partial charge in [-0.3, -0.25) is 4.79 Å². The van der Waals surface area contributed by atoms with Gasteiger partial charge in [0.2, 0.25) is 0 Å². The monoisotopic (exact) mass is 348 g/mol. The quantitative estimate of drug-likeness (QED) is 0.727. The van der Waals surface area contributed by atoms with Gasteiger partial charge in [-0.15, -0.1) is 0 Å². The lowest BCUT2D eigenvalue weighted by Crippen LogP contribution is -2.29. The van der Waals surface area contributed by atoms with E-state index in [9.17, 15) is 4.79 Å². The van der Waals surface area contributed by atoms with E-state index in [1.54, 1.807) is 4.90 Å². The zero-order valence-corrected chi connectivity index (χ0v) is 14.1. The molecule has 0 atom stereocenters. The van der Waals surface area contributed by atoms with E-state index >= 15 is 0 Å². The molecule has 0 unspecified atom stereocenters. The number of nitrogens with zero attached hydrogens (tertiary/aromatic N) is 2. The van der Waals surface area contributed by atoms with Crippen LogP contribution >= 0.6 is 15.9 Å². The molecular weight excluding hydrogens is 328 g/mol. The van der Waals surface area contributed by atoms with E-state index in [1.807, 2.05) is 37.0 Å². The maximum atomic E-state index is 12.3. The topological polar surface area (TPSA) is 25.2 Å². The first-order chi connectivity index (χ1) is 10.1. The van der Waals surface area contributed by atoms with E-state index in [0.29, 0.717) is 5.69 Å². The van der Waals surface area contributed by atoms with Crippen LogP contribution in [-0.4, -0.2) is 29.0 Å². The number of benzene rings is 1. The third kappa shape index (κ3) is 4.46. The van der Waals surface area contributed by atoms with Crippen molar-refractivity contribution in [2.24, 2.45) is 7.05 Å². The Morgan fingerprint density at radius 3 is 2.57 bits per heavy atom. The van der Waals surface area contributed by atoms with Crippen LogP contribution in [0.15, 0.2) is 47.1 Å². The number of amides is 1. The van der Waals surface area contributed by atoms with Gasteiger partial charge in [-0.1, -0.05) is 30.3 Å². The summed E-state index contributed by atoms with van der Waals surface area (Å²) >= 11 is 3.40. The Kier molecular flexibility index (Phi) is 5.62. The maximum Gasteiger partial charge on any atom is 0.270 e. The van der Waals surface area contributed by atoms with Crippen molar-refractivity contribution in [2.75, 3.05) is 13.6 Å². The Hall–Kier alpha value is -1.55. The molecular formula is C17H21BrN2O. The summed E-state index contributed by atoms with van der Waals surface area (Å²) in [7, 11) is 3.76. The molecule has 0 saturated carbocycles. The summed E-state index contributed by atoms with van der Waals surface area (Å²) in [5.41, 5.74) is 2.07. The Balaban J connectivity index is 1.78. The molecule has 1 aromatic heterocycles. The summed E-state index contributed by atoms with van der Waals surface area (Å²) in [4.78, 5) is 14.1. The van der Waals surface area contributed by atoms with Crippen LogP contribution in [0.4, 0.5) is 0 Å². The van der Waals surface area contributed by atoms with E-state index in [0.717, 1.165) is 30.3 Å². The van der Waals surface area contributed by atoms with Crippen molar-refractivity contribution in [3.05, 3.63) is 58.3 Å². The number of halogens is 1. The molecule has 2 aromatic rings. The molecule has 21 heavy (non-hydrogen) atoms. The van der Waals surface area contributed by atoms with Crippen LogP contribution in [-0.2, 0) is 13.5 Å². The highest BCUT2D eigenvalue weighted by Crippen LogP contribution is 2.15. The Bertz CT molecular complexity index is 592. The zero-order valence-electron chi connectivity index (χ0n) is 12.6. The lowest BCUT2D eigenvalue weighted by atomic mass is 10.1. The lowest BCUT2D eigenvalue weighted by molar-refractivity contribution is 0.0783. The minimum absolute atomic E-state index is 0.0721. The maximum absolute atomic E-state index is 12.3. The second kappa shape index (κ2) is 7.46. The molecule has 0 fully saturated rings. The first kappa shape index (κ1) is 15.8. The van der Waals surface area contributed by atoms with Crippen LogP contribution in [0.25, 0.3) is 0 Å². The van der Waals surface area contributed by atoms with E-state index in [1.165, 1.54) is 5.56 Å². The standard InChI is InChI=1S/C17H21BrN2O/c1-19(17(21)16-12-15(18)13-20(16)2)11-7-6-10-14-8-4-3-5-9-14/h3-5,8-9,12-13H,6-7,10-11H2,1-2H3. The fourth-order valence-electron chi connectivity index (χ4n) is 2.36. The van der Waals surface area contributed by atoms with Gasteiger partial charge in [0.25, 0.3) is 5.91 Å². The third-order valence-electron chi connectivity index (χ3n) is 3.59. The summed E-state index contributed by atoms with van der Waals surface area (Å²) in [6, 6.07) is 12.3. The molecule has 4 heteroatoms. The molecule has 112 valence electrons. The first-order valence-electron chi connectivity index (χ1n) is 7.19. The summed E-state index contributed by atoms with van der Waals surface area (Å²) in [5, 5.41) is 0. The molecule has 0 bridgehead atoms. The number of hydrogen-bond donors (Lipinski definition) is 0. The predicted molar refractivity (Wildman–Crippen MR) is 89.5 cm³/mol. The van der Waals surface area contributed by atoms with E-state index in [4.69, 9.17) is 0 Å². The largest absolute Gasteiger partial charge is 0.345 e. The first-order valence-corrected chi connectivity index (χ1v) is 7.98. The van der Waals surface area contributed by atoms with Crippen LogP contribution < -0.4 is 0 Å². The number of rotatable bonds is 6. The molecule has 0 aliphatic heterocycles. The SMILES string of the molecule is CN(CCCCc1ccccc1)C(=O)c1cc(Br)cn1C. The van der Waals surface area contributed by atoms with Gasteiger partial charge < -0.3 is 9.47 Å². The number of hydrogen-bond acceptors (Lipinski definition) is 1. The molecule has 0 aliphatic rings. The molecule has 1 heterocycles. The van der Waals surface area contributed by atoms with Gasteiger partial charge in [-0.2, -0.15) is 0 Å². The molecule has 0 N–H and O–H groups in total. The van der Waals surface area contributed by atoms with E-state index in [2.05, 4.69) is 40.2 Å². The molecule has 2 rings (SSSR count). The van der Waals surface area contributed by atoms with Gasteiger partial charge in [0, 0.05) is 31.3 Å². The van der Waals surface area contributed by atoms with Gasteiger partial charge in [0.05, 0.1) is 0 Å². The highest BCUT2D eigenvalue weighted by molar-refractivity contribution is 9.10. The van der Waals surface area contributed by atoms with Crippen molar-refractivity contribution in [2.45, 2.75) is 19.3 Å². The summed E-state index contributed by atoms with van der Waals surface area (Å²) in [5.74, 6) is 0.0721. The molecule has 0 spiro atoms. The molecule has 3 nitrogen and oxygen atoms in total. The fraction of sp³-hybridized carbons (Fsp3) is 0.353. The number of carbonyl (C=O) groups excluding carboxylic acids is 1.